The number of rotatable bonds is 5. The summed E-state index contributed by atoms with van der Waals surface area (Å²) in [5, 5.41) is 3.32. The molecule has 0 aliphatic heterocycles. The number of anilines is 1. The van der Waals surface area contributed by atoms with E-state index in [4.69, 9.17) is 9.47 Å². The third-order valence-corrected chi connectivity index (χ3v) is 3.06. The van der Waals surface area contributed by atoms with Crippen molar-refractivity contribution in [3.05, 3.63) is 48.5 Å². The lowest BCUT2D eigenvalue weighted by Gasteiger charge is -2.12. The summed E-state index contributed by atoms with van der Waals surface area (Å²) in [6, 6.07) is 15.5. The van der Waals surface area contributed by atoms with Crippen LogP contribution in [0.2, 0.25) is 0 Å². The highest BCUT2D eigenvalue weighted by Crippen LogP contribution is 2.28. The molecule has 2 aromatic rings. The predicted molar refractivity (Wildman–Crippen MR) is 87.0 cm³/mol. The Bertz CT molecular complexity index is 624. The maximum atomic E-state index is 5.34. The number of benzene rings is 2. The average molecular weight is 284 g/mol. The summed E-state index contributed by atoms with van der Waals surface area (Å²) in [6.07, 6.45) is 0.774. The van der Waals surface area contributed by atoms with Crippen molar-refractivity contribution in [2.75, 3.05) is 19.5 Å². The number of hydrogen-bond donors (Lipinski definition) is 1. The zero-order chi connectivity index (χ0) is 15.1. The normalized spacial score (nSPS) is 11.1. The van der Waals surface area contributed by atoms with Crippen molar-refractivity contribution in [1.29, 1.82) is 0 Å². The molecule has 0 fully saturated rings. The van der Waals surface area contributed by atoms with Gasteiger partial charge in [0.1, 0.15) is 23.0 Å². The number of amidine groups is 1. The number of methoxy groups -OCH3 is 2. The second-order valence-electron chi connectivity index (χ2n) is 4.41. The van der Waals surface area contributed by atoms with Crippen LogP contribution in [0, 0.1) is 0 Å². The predicted octanol–water partition coefficient (Wildman–Crippen LogP) is 4.26. The average Bonchev–Trinajstić information content (AvgIpc) is 2.55. The number of nitrogens with one attached hydrogen (secondary N) is 1. The van der Waals surface area contributed by atoms with Crippen LogP contribution in [-0.2, 0) is 0 Å². The first-order valence-electron chi connectivity index (χ1n) is 6.89. The first-order valence-corrected chi connectivity index (χ1v) is 6.89. The van der Waals surface area contributed by atoms with Crippen molar-refractivity contribution in [2.45, 2.75) is 13.3 Å². The van der Waals surface area contributed by atoms with Crippen LogP contribution < -0.4 is 14.8 Å². The van der Waals surface area contributed by atoms with Gasteiger partial charge in [-0.05, 0) is 24.3 Å². The minimum atomic E-state index is 0.755. The Balaban J connectivity index is 2.29. The van der Waals surface area contributed by atoms with E-state index in [0.717, 1.165) is 35.1 Å². The molecule has 0 aliphatic rings. The van der Waals surface area contributed by atoms with Gasteiger partial charge in [0.15, 0.2) is 0 Å². The minimum absolute atomic E-state index is 0.755. The van der Waals surface area contributed by atoms with Crippen LogP contribution in [0.3, 0.4) is 0 Å². The molecule has 0 bridgehead atoms. The van der Waals surface area contributed by atoms with Crippen molar-refractivity contribution in [2.24, 2.45) is 4.99 Å². The highest BCUT2D eigenvalue weighted by Gasteiger charge is 2.06. The summed E-state index contributed by atoms with van der Waals surface area (Å²) in [4.78, 5) is 4.64. The second-order valence-corrected chi connectivity index (χ2v) is 4.41. The van der Waals surface area contributed by atoms with Crippen LogP contribution in [-0.4, -0.2) is 20.1 Å². The number of para-hydroxylation sites is 4. The van der Waals surface area contributed by atoms with Crippen molar-refractivity contribution in [3.8, 4) is 11.5 Å². The quantitative estimate of drug-likeness (QED) is 0.659. The third kappa shape index (κ3) is 3.75. The lowest BCUT2D eigenvalue weighted by Crippen LogP contribution is -2.11. The lowest BCUT2D eigenvalue weighted by atomic mass is 10.2. The van der Waals surface area contributed by atoms with E-state index in [1.165, 1.54) is 0 Å². The smallest absolute Gasteiger partial charge is 0.144 e. The zero-order valence-corrected chi connectivity index (χ0v) is 12.6. The first kappa shape index (κ1) is 14.9. The Hall–Kier alpha value is -2.49. The summed E-state index contributed by atoms with van der Waals surface area (Å²) < 4.78 is 10.7. The number of ether oxygens (including phenoxy) is 2. The number of hydrogen-bond acceptors (Lipinski definition) is 3. The van der Waals surface area contributed by atoms with Gasteiger partial charge in [-0.25, -0.2) is 4.99 Å². The van der Waals surface area contributed by atoms with Gasteiger partial charge < -0.3 is 14.8 Å². The Kier molecular flexibility index (Phi) is 5.21. The highest BCUT2D eigenvalue weighted by molar-refractivity contribution is 5.98. The lowest BCUT2D eigenvalue weighted by molar-refractivity contribution is 0.416. The molecule has 2 aromatic carbocycles. The van der Waals surface area contributed by atoms with E-state index in [9.17, 15) is 0 Å². The molecule has 1 N–H and O–H groups in total. The summed E-state index contributed by atoms with van der Waals surface area (Å²) in [5.74, 6) is 2.40. The summed E-state index contributed by atoms with van der Waals surface area (Å²) in [6.45, 7) is 2.05. The maximum Gasteiger partial charge on any atom is 0.144 e. The molecule has 0 saturated carbocycles. The zero-order valence-electron chi connectivity index (χ0n) is 12.6. The molecule has 0 heterocycles. The Morgan fingerprint density at radius 1 is 0.952 bits per heavy atom. The second kappa shape index (κ2) is 7.33. The van der Waals surface area contributed by atoms with Crippen molar-refractivity contribution < 1.29 is 9.47 Å². The van der Waals surface area contributed by atoms with Gasteiger partial charge in [-0.15, -0.1) is 0 Å². The van der Waals surface area contributed by atoms with E-state index in [2.05, 4.69) is 17.2 Å². The molecular formula is C17H20N2O2. The highest BCUT2D eigenvalue weighted by atomic mass is 16.5. The number of nitrogens with zero attached hydrogens (tertiary/aromatic N) is 1. The molecule has 0 amide bonds. The van der Waals surface area contributed by atoms with Crippen LogP contribution in [0.15, 0.2) is 53.5 Å². The first-order chi connectivity index (χ1) is 10.3. The minimum Gasteiger partial charge on any atom is -0.495 e. The Morgan fingerprint density at radius 2 is 1.57 bits per heavy atom. The fraction of sp³-hybridized carbons (Fsp3) is 0.235. The molecule has 0 aliphatic carbocycles. The molecule has 2 rings (SSSR count). The molecular weight excluding hydrogens is 264 g/mol. The van der Waals surface area contributed by atoms with Gasteiger partial charge >= 0.3 is 0 Å². The van der Waals surface area contributed by atoms with E-state index in [-0.39, 0.29) is 0 Å². The van der Waals surface area contributed by atoms with E-state index in [0.29, 0.717) is 0 Å². The van der Waals surface area contributed by atoms with Gasteiger partial charge in [-0.3, -0.25) is 0 Å². The monoisotopic (exact) mass is 284 g/mol. The standard InChI is InChI=1S/C17H20N2O2/c1-4-17(18-13-9-5-7-11-15(13)20-2)19-14-10-6-8-12-16(14)21-3/h5-12H,4H2,1-3H3,(H,18,19). The van der Waals surface area contributed by atoms with Crippen LogP contribution in [0.4, 0.5) is 11.4 Å². The molecule has 4 heteroatoms. The summed E-state index contributed by atoms with van der Waals surface area (Å²) in [7, 11) is 3.30. The molecule has 0 unspecified atom stereocenters. The topological polar surface area (TPSA) is 42.8 Å². The van der Waals surface area contributed by atoms with E-state index >= 15 is 0 Å². The molecule has 0 radical (unpaired) electrons. The molecule has 110 valence electrons. The third-order valence-electron chi connectivity index (χ3n) is 3.06. The van der Waals surface area contributed by atoms with Crippen LogP contribution in [0.1, 0.15) is 13.3 Å². The van der Waals surface area contributed by atoms with Gasteiger partial charge in [-0.1, -0.05) is 31.2 Å². The van der Waals surface area contributed by atoms with Crippen LogP contribution in [0.5, 0.6) is 11.5 Å². The van der Waals surface area contributed by atoms with Crippen molar-refractivity contribution in [3.63, 3.8) is 0 Å². The van der Waals surface area contributed by atoms with E-state index in [1.54, 1.807) is 14.2 Å². The molecule has 0 saturated heterocycles. The molecule has 0 spiro atoms. The largest absolute Gasteiger partial charge is 0.495 e. The molecule has 0 aromatic heterocycles. The molecule has 4 nitrogen and oxygen atoms in total. The van der Waals surface area contributed by atoms with Gasteiger partial charge in [0.05, 0.1) is 19.9 Å². The fourth-order valence-corrected chi connectivity index (χ4v) is 1.97. The van der Waals surface area contributed by atoms with Gasteiger partial charge in [0.25, 0.3) is 0 Å². The van der Waals surface area contributed by atoms with Gasteiger partial charge in [-0.2, -0.15) is 0 Å². The van der Waals surface area contributed by atoms with E-state index < -0.39 is 0 Å². The van der Waals surface area contributed by atoms with Crippen LogP contribution >= 0.6 is 0 Å². The molecule has 21 heavy (non-hydrogen) atoms. The van der Waals surface area contributed by atoms with Crippen molar-refractivity contribution in [1.82, 2.24) is 0 Å². The molecule has 0 atom stereocenters. The number of aliphatic imine (C=N–C) groups is 1. The fourth-order valence-electron chi connectivity index (χ4n) is 1.97. The van der Waals surface area contributed by atoms with Gasteiger partial charge in [0, 0.05) is 6.42 Å². The van der Waals surface area contributed by atoms with E-state index in [1.807, 2.05) is 48.5 Å². The Labute approximate surface area is 125 Å². The van der Waals surface area contributed by atoms with Crippen LogP contribution in [0.25, 0.3) is 0 Å². The summed E-state index contributed by atoms with van der Waals surface area (Å²) in [5.41, 5.74) is 1.70. The van der Waals surface area contributed by atoms with Gasteiger partial charge in [0.2, 0.25) is 0 Å². The SMILES string of the molecule is CCC(=Nc1ccccc1OC)Nc1ccccc1OC. The maximum absolute atomic E-state index is 5.34. The summed E-state index contributed by atoms with van der Waals surface area (Å²) >= 11 is 0. The van der Waals surface area contributed by atoms with Crippen molar-refractivity contribution >= 4 is 17.2 Å². The Morgan fingerprint density at radius 3 is 2.24 bits per heavy atom.